The standard InChI is InChI=1S/C20H24F2N4O2/c21-20(22)28-17-6-4-16(5-7-17)8-10-24-19(27)15-25-11-13-26(14-12-25)18-3-1-2-9-23-18/h1-7,9,20H,8,10-15H2,(H,24,27)/p+2. The molecule has 3 rings (SSSR count). The summed E-state index contributed by atoms with van der Waals surface area (Å²) in [7, 11) is 0. The maximum Gasteiger partial charge on any atom is 0.387 e. The summed E-state index contributed by atoms with van der Waals surface area (Å²) in [5.41, 5.74) is 0.960. The molecule has 1 aromatic carbocycles. The Morgan fingerprint density at radius 1 is 1.18 bits per heavy atom. The number of alkyl halides is 2. The highest BCUT2D eigenvalue weighted by Gasteiger charge is 2.26. The average Bonchev–Trinajstić information content (AvgIpc) is 2.70. The quantitative estimate of drug-likeness (QED) is 0.673. The van der Waals surface area contributed by atoms with Crippen molar-refractivity contribution in [1.29, 1.82) is 0 Å². The van der Waals surface area contributed by atoms with Gasteiger partial charge in [0.1, 0.15) is 31.9 Å². The summed E-state index contributed by atoms with van der Waals surface area (Å²) in [6.45, 7) is 1.83. The second kappa shape index (κ2) is 9.98. The Kier molecular flexibility index (Phi) is 7.13. The molecule has 28 heavy (non-hydrogen) atoms. The second-order valence-electron chi connectivity index (χ2n) is 6.78. The molecule has 1 saturated heterocycles. The van der Waals surface area contributed by atoms with E-state index in [0.717, 1.165) is 37.6 Å². The molecular weight excluding hydrogens is 366 g/mol. The molecule has 2 heterocycles. The van der Waals surface area contributed by atoms with E-state index in [2.05, 4.69) is 26.0 Å². The van der Waals surface area contributed by atoms with Gasteiger partial charge in [-0.1, -0.05) is 18.2 Å². The monoisotopic (exact) mass is 392 g/mol. The van der Waals surface area contributed by atoms with Crippen molar-refractivity contribution in [2.75, 3.05) is 44.2 Å². The summed E-state index contributed by atoms with van der Waals surface area (Å²) in [5, 5.41) is 2.94. The highest BCUT2D eigenvalue weighted by Crippen LogP contribution is 2.14. The van der Waals surface area contributed by atoms with Crippen LogP contribution in [-0.2, 0) is 11.2 Å². The van der Waals surface area contributed by atoms with Crippen LogP contribution in [0.25, 0.3) is 0 Å². The van der Waals surface area contributed by atoms with E-state index in [1.807, 2.05) is 18.3 Å². The number of nitrogens with zero attached hydrogens (tertiary/aromatic N) is 1. The summed E-state index contributed by atoms with van der Waals surface area (Å²) in [6, 6.07) is 12.5. The van der Waals surface area contributed by atoms with E-state index in [1.165, 1.54) is 17.0 Å². The van der Waals surface area contributed by atoms with E-state index < -0.39 is 6.61 Å². The number of H-pyrrole nitrogens is 1. The van der Waals surface area contributed by atoms with Crippen LogP contribution in [0.4, 0.5) is 14.6 Å². The molecule has 6 nitrogen and oxygen atoms in total. The number of aromatic nitrogens is 1. The Bertz CT molecular complexity index is 736. The number of halogens is 2. The predicted octanol–water partition coefficient (Wildman–Crippen LogP) is 0.166. The Hall–Kier alpha value is -2.74. The maximum absolute atomic E-state index is 12.2. The molecule has 2 aromatic rings. The van der Waals surface area contributed by atoms with Gasteiger partial charge in [0.25, 0.3) is 11.7 Å². The summed E-state index contributed by atoms with van der Waals surface area (Å²) in [5.74, 6) is 1.28. The molecule has 0 saturated carbocycles. The number of carbonyl (C=O) groups is 1. The van der Waals surface area contributed by atoms with Crippen molar-refractivity contribution in [3.63, 3.8) is 0 Å². The highest BCUT2D eigenvalue weighted by atomic mass is 19.3. The van der Waals surface area contributed by atoms with Crippen molar-refractivity contribution in [3.8, 4) is 5.75 Å². The number of hydrogen-bond acceptors (Lipinski definition) is 3. The summed E-state index contributed by atoms with van der Waals surface area (Å²) >= 11 is 0. The van der Waals surface area contributed by atoms with Crippen LogP contribution in [0, 0.1) is 0 Å². The van der Waals surface area contributed by atoms with E-state index in [9.17, 15) is 13.6 Å². The van der Waals surface area contributed by atoms with Crippen molar-refractivity contribution in [3.05, 3.63) is 54.2 Å². The van der Waals surface area contributed by atoms with Crippen LogP contribution in [0.2, 0.25) is 0 Å². The van der Waals surface area contributed by atoms with Gasteiger partial charge in [-0.3, -0.25) is 9.69 Å². The molecule has 1 aliphatic rings. The number of amides is 1. The van der Waals surface area contributed by atoms with Gasteiger partial charge in [0.15, 0.2) is 6.54 Å². The summed E-state index contributed by atoms with van der Waals surface area (Å²) in [4.78, 5) is 19.0. The molecule has 0 bridgehead atoms. The lowest BCUT2D eigenvalue weighted by Crippen LogP contribution is -3.16. The molecule has 0 radical (unpaired) electrons. The van der Waals surface area contributed by atoms with Crippen LogP contribution in [0.15, 0.2) is 48.7 Å². The fraction of sp³-hybridized carbons (Fsp3) is 0.400. The predicted molar refractivity (Wildman–Crippen MR) is 101 cm³/mol. The molecule has 1 aromatic heterocycles. The van der Waals surface area contributed by atoms with Gasteiger partial charge in [0.05, 0.1) is 6.20 Å². The summed E-state index contributed by atoms with van der Waals surface area (Å²) in [6.07, 6.45) is 2.56. The molecule has 0 aliphatic carbocycles. The highest BCUT2D eigenvalue weighted by molar-refractivity contribution is 5.76. The zero-order valence-corrected chi connectivity index (χ0v) is 15.7. The number of pyridine rings is 1. The minimum absolute atomic E-state index is 0.0346. The van der Waals surface area contributed by atoms with Gasteiger partial charge >= 0.3 is 6.61 Å². The van der Waals surface area contributed by atoms with Gasteiger partial charge in [-0.05, 0) is 30.2 Å². The van der Waals surface area contributed by atoms with Crippen molar-refractivity contribution < 1.29 is 28.2 Å². The Morgan fingerprint density at radius 2 is 1.93 bits per heavy atom. The molecule has 1 fully saturated rings. The molecule has 0 unspecified atom stereocenters. The number of benzene rings is 1. The van der Waals surface area contributed by atoms with E-state index >= 15 is 0 Å². The summed E-state index contributed by atoms with van der Waals surface area (Å²) < 4.78 is 28.6. The Labute approximate surface area is 163 Å². The number of anilines is 1. The number of carbonyl (C=O) groups excluding carboxylic acids is 1. The first-order chi connectivity index (χ1) is 13.6. The second-order valence-corrected chi connectivity index (χ2v) is 6.78. The third-order valence-electron chi connectivity index (χ3n) is 4.80. The maximum atomic E-state index is 12.2. The average molecular weight is 392 g/mol. The van der Waals surface area contributed by atoms with Gasteiger partial charge < -0.3 is 15.0 Å². The van der Waals surface area contributed by atoms with E-state index in [1.54, 1.807) is 12.1 Å². The topological polar surface area (TPSA) is 60.2 Å². The number of quaternary nitrogens is 1. The number of hydrogen-bond donors (Lipinski definition) is 2. The zero-order chi connectivity index (χ0) is 19.8. The fourth-order valence-electron chi connectivity index (χ4n) is 3.29. The number of nitrogens with one attached hydrogen (secondary N) is 3. The van der Waals surface area contributed by atoms with Crippen LogP contribution in [0.5, 0.6) is 5.75 Å². The van der Waals surface area contributed by atoms with Crippen molar-refractivity contribution in [2.24, 2.45) is 0 Å². The van der Waals surface area contributed by atoms with Crippen LogP contribution in [0.3, 0.4) is 0 Å². The van der Waals surface area contributed by atoms with Gasteiger partial charge in [-0.25, -0.2) is 4.98 Å². The molecular formula is C20H26F2N4O2+2. The van der Waals surface area contributed by atoms with Gasteiger partial charge in [-0.15, -0.1) is 0 Å². The zero-order valence-electron chi connectivity index (χ0n) is 15.7. The van der Waals surface area contributed by atoms with Crippen LogP contribution in [0.1, 0.15) is 5.56 Å². The third kappa shape index (κ3) is 6.16. The number of aromatic amines is 1. The fourth-order valence-corrected chi connectivity index (χ4v) is 3.29. The first-order valence-electron chi connectivity index (χ1n) is 9.46. The third-order valence-corrected chi connectivity index (χ3v) is 4.80. The molecule has 150 valence electrons. The first-order valence-corrected chi connectivity index (χ1v) is 9.46. The molecule has 8 heteroatoms. The van der Waals surface area contributed by atoms with Crippen molar-refractivity contribution >= 4 is 11.7 Å². The first kappa shape index (κ1) is 20.0. The van der Waals surface area contributed by atoms with Gasteiger partial charge in [-0.2, -0.15) is 8.78 Å². The lowest BCUT2D eigenvalue weighted by molar-refractivity contribution is -0.892. The molecule has 1 aliphatic heterocycles. The van der Waals surface area contributed by atoms with Crippen LogP contribution < -0.4 is 24.8 Å². The molecule has 0 atom stereocenters. The minimum atomic E-state index is -2.82. The van der Waals surface area contributed by atoms with E-state index in [4.69, 9.17) is 0 Å². The molecule has 1 amide bonds. The Morgan fingerprint density at radius 3 is 2.57 bits per heavy atom. The lowest BCUT2D eigenvalue weighted by Gasteiger charge is -2.27. The van der Waals surface area contributed by atoms with E-state index in [0.29, 0.717) is 19.5 Å². The smallest absolute Gasteiger partial charge is 0.387 e. The van der Waals surface area contributed by atoms with Crippen LogP contribution in [-0.4, -0.2) is 51.8 Å². The van der Waals surface area contributed by atoms with Crippen molar-refractivity contribution in [1.82, 2.24) is 5.32 Å². The molecule has 0 spiro atoms. The number of piperazine rings is 1. The Balaban J connectivity index is 1.34. The largest absolute Gasteiger partial charge is 0.435 e. The number of rotatable bonds is 8. The SMILES string of the molecule is O=C(C[NH+]1CCN(c2cccc[nH+]2)CC1)NCCc1ccc(OC(F)F)cc1. The van der Waals surface area contributed by atoms with Gasteiger partial charge in [0.2, 0.25) is 0 Å². The van der Waals surface area contributed by atoms with Crippen molar-refractivity contribution in [2.45, 2.75) is 13.0 Å². The van der Waals surface area contributed by atoms with Gasteiger partial charge in [0, 0.05) is 12.6 Å². The normalized spacial score (nSPS) is 14.9. The molecule has 3 N–H and O–H groups in total. The van der Waals surface area contributed by atoms with E-state index in [-0.39, 0.29) is 11.7 Å². The van der Waals surface area contributed by atoms with Crippen LogP contribution >= 0.6 is 0 Å². The number of ether oxygens (including phenoxy) is 1. The lowest BCUT2D eigenvalue weighted by atomic mass is 10.1. The minimum Gasteiger partial charge on any atom is -0.435 e.